The zero-order valence-corrected chi connectivity index (χ0v) is 11.0. The number of nitrogens with one attached hydrogen (secondary N) is 1. The second-order valence-electron chi connectivity index (χ2n) is 4.16. The lowest BCUT2D eigenvalue weighted by Gasteiger charge is -2.08. The van der Waals surface area contributed by atoms with Gasteiger partial charge in [0.05, 0.1) is 5.02 Å². The molecule has 3 nitrogen and oxygen atoms in total. The van der Waals surface area contributed by atoms with E-state index in [1.54, 1.807) is 25.1 Å². The van der Waals surface area contributed by atoms with Gasteiger partial charge in [0.2, 0.25) is 0 Å². The summed E-state index contributed by atoms with van der Waals surface area (Å²) >= 11 is 5.65. The topological polar surface area (TPSA) is 55.1 Å². The highest BCUT2D eigenvalue weighted by Crippen LogP contribution is 2.20. The molecule has 0 aliphatic heterocycles. The third kappa shape index (κ3) is 3.03. The van der Waals surface area contributed by atoms with Gasteiger partial charge < -0.3 is 11.1 Å². The Bertz CT molecular complexity index is 643. The lowest BCUT2D eigenvalue weighted by molar-refractivity contribution is 0.102. The first-order valence-corrected chi connectivity index (χ1v) is 5.97. The van der Waals surface area contributed by atoms with Crippen molar-refractivity contribution in [3.05, 3.63) is 58.4 Å². The van der Waals surface area contributed by atoms with Gasteiger partial charge >= 0.3 is 0 Å². The first-order valence-electron chi connectivity index (χ1n) is 5.60. The monoisotopic (exact) mass is 278 g/mol. The van der Waals surface area contributed by atoms with Crippen LogP contribution in [0.5, 0.6) is 0 Å². The molecule has 0 aliphatic carbocycles. The van der Waals surface area contributed by atoms with Crippen molar-refractivity contribution in [2.24, 2.45) is 0 Å². The number of halogens is 2. The molecule has 2 aromatic carbocycles. The van der Waals surface area contributed by atoms with Crippen molar-refractivity contribution in [2.45, 2.75) is 6.92 Å². The van der Waals surface area contributed by atoms with E-state index in [4.69, 9.17) is 17.3 Å². The Kier molecular flexibility index (Phi) is 3.71. The highest BCUT2D eigenvalue weighted by Gasteiger charge is 2.10. The summed E-state index contributed by atoms with van der Waals surface area (Å²) in [5, 5.41) is 2.62. The first kappa shape index (κ1) is 13.4. The van der Waals surface area contributed by atoms with E-state index >= 15 is 0 Å². The number of benzene rings is 2. The number of carbonyl (C=O) groups excluding carboxylic acids is 1. The number of carbonyl (C=O) groups is 1. The Labute approximate surface area is 115 Å². The minimum absolute atomic E-state index is 0.0353. The number of anilines is 2. The van der Waals surface area contributed by atoms with E-state index in [1.165, 1.54) is 18.2 Å². The molecule has 2 rings (SSSR count). The molecule has 3 N–H and O–H groups in total. The predicted molar refractivity (Wildman–Crippen MR) is 75.0 cm³/mol. The van der Waals surface area contributed by atoms with Crippen molar-refractivity contribution < 1.29 is 9.18 Å². The molecular weight excluding hydrogens is 267 g/mol. The number of amides is 1. The third-order valence-corrected chi connectivity index (χ3v) is 2.96. The Morgan fingerprint density at radius 2 is 2.00 bits per heavy atom. The zero-order valence-electron chi connectivity index (χ0n) is 10.2. The van der Waals surface area contributed by atoms with Gasteiger partial charge in [-0.1, -0.05) is 11.6 Å². The molecule has 0 aliphatic rings. The molecular formula is C14H12ClFN2O. The molecule has 0 radical (unpaired) electrons. The van der Waals surface area contributed by atoms with Gasteiger partial charge in [-0.05, 0) is 48.9 Å². The molecule has 0 atom stereocenters. The summed E-state index contributed by atoms with van der Waals surface area (Å²) in [7, 11) is 0. The average Bonchev–Trinajstić information content (AvgIpc) is 2.33. The molecule has 0 saturated heterocycles. The van der Waals surface area contributed by atoms with E-state index in [0.29, 0.717) is 16.9 Å². The summed E-state index contributed by atoms with van der Waals surface area (Å²) < 4.78 is 13.0. The van der Waals surface area contributed by atoms with E-state index in [9.17, 15) is 9.18 Å². The predicted octanol–water partition coefficient (Wildman–Crippen LogP) is 3.62. The average molecular weight is 279 g/mol. The van der Waals surface area contributed by atoms with Gasteiger partial charge in [-0.25, -0.2) is 4.39 Å². The smallest absolute Gasteiger partial charge is 0.255 e. The third-order valence-electron chi connectivity index (χ3n) is 2.67. The fraction of sp³-hybridized carbons (Fsp3) is 0.0714. The SMILES string of the molecule is Cc1cc(N)ccc1C(=O)Nc1ccc(F)c(Cl)c1. The van der Waals surface area contributed by atoms with Gasteiger partial charge in [-0.3, -0.25) is 4.79 Å². The summed E-state index contributed by atoms with van der Waals surface area (Å²) in [6.45, 7) is 1.79. The summed E-state index contributed by atoms with van der Waals surface area (Å²) in [5.41, 5.74) is 7.94. The Morgan fingerprint density at radius 3 is 2.63 bits per heavy atom. The highest BCUT2D eigenvalue weighted by molar-refractivity contribution is 6.31. The molecule has 0 aromatic heterocycles. The molecule has 98 valence electrons. The maximum Gasteiger partial charge on any atom is 0.255 e. The second-order valence-corrected chi connectivity index (χ2v) is 4.56. The number of aryl methyl sites for hydroxylation is 1. The van der Waals surface area contributed by atoms with E-state index < -0.39 is 5.82 Å². The highest BCUT2D eigenvalue weighted by atomic mass is 35.5. The molecule has 1 amide bonds. The summed E-state index contributed by atoms with van der Waals surface area (Å²) in [6.07, 6.45) is 0. The van der Waals surface area contributed by atoms with Gasteiger partial charge in [-0.2, -0.15) is 0 Å². The molecule has 2 aromatic rings. The quantitative estimate of drug-likeness (QED) is 0.824. The molecule has 0 bridgehead atoms. The van der Waals surface area contributed by atoms with Crippen LogP contribution in [0, 0.1) is 12.7 Å². The lowest BCUT2D eigenvalue weighted by atomic mass is 10.1. The molecule has 0 unspecified atom stereocenters. The Balaban J connectivity index is 2.23. The molecule has 5 heteroatoms. The number of hydrogen-bond acceptors (Lipinski definition) is 2. The number of rotatable bonds is 2. The standard InChI is InChI=1S/C14H12ClFN2O/c1-8-6-9(17)2-4-11(8)14(19)18-10-3-5-13(16)12(15)7-10/h2-7H,17H2,1H3,(H,18,19). The zero-order chi connectivity index (χ0) is 14.0. The van der Waals surface area contributed by atoms with Crippen LogP contribution in [0.15, 0.2) is 36.4 Å². The van der Waals surface area contributed by atoms with E-state index in [2.05, 4.69) is 5.32 Å². The Hall–Kier alpha value is -2.07. The summed E-state index contributed by atoms with van der Waals surface area (Å²) in [5.74, 6) is -0.816. The first-order chi connectivity index (χ1) is 8.97. The van der Waals surface area contributed by atoms with E-state index in [0.717, 1.165) is 5.56 Å². The molecule has 0 heterocycles. The number of nitrogen functional groups attached to an aromatic ring is 1. The van der Waals surface area contributed by atoms with Gasteiger partial charge in [-0.15, -0.1) is 0 Å². The van der Waals surface area contributed by atoms with Crippen molar-refractivity contribution in [2.75, 3.05) is 11.1 Å². The molecule has 0 fully saturated rings. The summed E-state index contributed by atoms with van der Waals surface area (Å²) in [6, 6.07) is 9.03. The molecule has 0 spiro atoms. The van der Waals surface area contributed by atoms with Crippen LogP contribution in [0.1, 0.15) is 15.9 Å². The van der Waals surface area contributed by atoms with Crippen molar-refractivity contribution in [1.29, 1.82) is 0 Å². The van der Waals surface area contributed by atoms with Crippen LogP contribution >= 0.6 is 11.6 Å². The van der Waals surface area contributed by atoms with Crippen LogP contribution in [-0.4, -0.2) is 5.91 Å². The number of nitrogens with two attached hydrogens (primary N) is 1. The molecule has 19 heavy (non-hydrogen) atoms. The lowest BCUT2D eigenvalue weighted by Crippen LogP contribution is -2.13. The maximum atomic E-state index is 13.0. The van der Waals surface area contributed by atoms with Gasteiger partial charge in [0.1, 0.15) is 5.82 Å². The maximum absolute atomic E-state index is 13.0. The fourth-order valence-electron chi connectivity index (χ4n) is 1.71. The van der Waals surface area contributed by atoms with Crippen molar-refractivity contribution in [3.63, 3.8) is 0 Å². The Morgan fingerprint density at radius 1 is 1.26 bits per heavy atom. The van der Waals surface area contributed by atoms with Crippen molar-refractivity contribution >= 4 is 28.9 Å². The van der Waals surface area contributed by atoms with Crippen LogP contribution < -0.4 is 11.1 Å². The largest absolute Gasteiger partial charge is 0.399 e. The van der Waals surface area contributed by atoms with Crippen LogP contribution in [0.3, 0.4) is 0 Å². The van der Waals surface area contributed by atoms with Crippen LogP contribution in [-0.2, 0) is 0 Å². The summed E-state index contributed by atoms with van der Waals surface area (Å²) in [4.78, 5) is 12.1. The minimum atomic E-state index is -0.525. The van der Waals surface area contributed by atoms with Gasteiger partial charge in [0, 0.05) is 16.9 Å². The molecule has 0 saturated carbocycles. The van der Waals surface area contributed by atoms with E-state index in [1.807, 2.05) is 0 Å². The van der Waals surface area contributed by atoms with Crippen LogP contribution in [0.2, 0.25) is 5.02 Å². The minimum Gasteiger partial charge on any atom is -0.399 e. The van der Waals surface area contributed by atoms with Gasteiger partial charge in [0.25, 0.3) is 5.91 Å². The second kappa shape index (κ2) is 5.28. The van der Waals surface area contributed by atoms with Crippen molar-refractivity contribution in [1.82, 2.24) is 0 Å². The van der Waals surface area contributed by atoms with Crippen LogP contribution in [0.25, 0.3) is 0 Å². The van der Waals surface area contributed by atoms with E-state index in [-0.39, 0.29) is 10.9 Å². The number of hydrogen-bond donors (Lipinski definition) is 2. The fourth-order valence-corrected chi connectivity index (χ4v) is 1.89. The van der Waals surface area contributed by atoms with Gasteiger partial charge in [0.15, 0.2) is 0 Å². The normalized spacial score (nSPS) is 10.3. The van der Waals surface area contributed by atoms with Crippen molar-refractivity contribution in [3.8, 4) is 0 Å². The van der Waals surface area contributed by atoms with Crippen LogP contribution in [0.4, 0.5) is 15.8 Å².